The third-order valence-corrected chi connectivity index (χ3v) is 4.00. The molecule has 0 aliphatic carbocycles. The summed E-state index contributed by atoms with van der Waals surface area (Å²) >= 11 is 11.9. The van der Waals surface area contributed by atoms with Gasteiger partial charge in [-0.15, -0.1) is 0 Å². The summed E-state index contributed by atoms with van der Waals surface area (Å²) in [6, 6.07) is 8.37. The molecule has 1 aromatic carbocycles. The van der Waals surface area contributed by atoms with Crippen molar-refractivity contribution >= 4 is 34.9 Å². The number of carbonyl (C=O) groups is 1. The van der Waals surface area contributed by atoms with E-state index in [1.165, 1.54) is 6.07 Å². The van der Waals surface area contributed by atoms with Gasteiger partial charge in [0, 0.05) is 36.6 Å². The van der Waals surface area contributed by atoms with E-state index in [1.54, 1.807) is 29.1 Å². The minimum atomic E-state index is -0.260. The summed E-state index contributed by atoms with van der Waals surface area (Å²) in [5.74, 6) is 1.69. The van der Waals surface area contributed by atoms with Gasteiger partial charge >= 0.3 is 0 Å². The van der Waals surface area contributed by atoms with Gasteiger partial charge in [-0.25, -0.2) is 14.6 Å². The molecule has 3 aromatic rings. The molecule has 2 heterocycles. The van der Waals surface area contributed by atoms with Gasteiger partial charge in [0.05, 0.1) is 10.6 Å². The van der Waals surface area contributed by atoms with Crippen LogP contribution in [0, 0.1) is 6.92 Å². The SMILES string of the molecule is Cc1nc(NCCNC(=O)c2ccc(Cl)cc2Cl)cc(-n2cccn2)n1. The summed E-state index contributed by atoms with van der Waals surface area (Å²) < 4.78 is 1.66. The summed E-state index contributed by atoms with van der Waals surface area (Å²) in [5, 5.41) is 10.9. The summed E-state index contributed by atoms with van der Waals surface area (Å²) in [7, 11) is 0. The zero-order chi connectivity index (χ0) is 18.5. The summed E-state index contributed by atoms with van der Waals surface area (Å²) in [6.45, 7) is 2.70. The lowest BCUT2D eigenvalue weighted by molar-refractivity contribution is 0.0955. The maximum absolute atomic E-state index is 12.1. The molecular formula is C17H16Cl2N6O. The highest BCUT2D eigenvalue weighted by molar-refractivity contribution is 6.36. The number of carbonyl (C=O) groups excluding carboxylic acids is 1. The van der Waals surface area contributed by atoms with Crippen molar-refractivity contribution in [2.75, 3.05) is 18.4 Å². The van der Waals surface area contributed by atoms with E-state index in [-0.39, 0.29) is 5.91 Å². The molecule has 0 saturated carbocycles. The van der Waals surface area contributed by atoms with Crippen molar-refractivity contribution in [3.05, 3.63) is 64.2 Å². The van der Waals surface area contributed by atoms with Gasteiger partial charge in [0.15, 0.2) is 5.82 Å². The lowest BCUT2D eigenvalue weighted by Gasteiger charge is -2.10. The first kappa shape index (κ1) is 18.2. The van der Waals surface area contributed by atoms with Crippen LogP contribution >= 0.6 is 23.2 Å². The Balaban J connectivity index is 1.56. The Morgan fingerprint density at radius 3 is 2.77 bits per heavy atom. The monoisotopic (exact) mass is 390 g/mol. The standard InChI is InChI=1S/C17H16Cl2N6O/c1-11-23-15(10-16(24-11)25-8-2-5-22-25)20-6-7-21-17(26)13-4-3-12(18)9-14(13)19/h2-5,8-10H,6-7H2,1H3,(H,21,26)(H,20,23,24). The smallest absolute Gasteiger partial charge is 0.252 e. The topological polar surface area (TPSA) is 84.7 Å². The molecule has 134 valence electrons. The van der Waals surface area contributed by atoms with Crippen molar-refractivity contribution in [3.8, 4) is 5.82 Å². The van der Waals surface area contributed by atoms with Crippen LogP contribution in [0.3, 0.4) is 0 Å². The van der Waals surface area contributed by atoms with E-state index in [0.29, 0.717) is 46.2 Å². The Bertz CT molecular complexity index is 914. The fourth-order valence-corrected chi connectivity index (χ4v) is 2.79. The van der Waals surface area contributed by atoms with Crippen molar-refractivity contribution in [1.29, 1.82) is 0 Å². The number of anilines is 1. The van der Waals surface area contributed by atoms with Gasteiger partial charge in [-0.1, -0.05) is 23.2 Å². The molecule has 0 saturated heterocycles. The van der Waals surface area contributed by atoms with Crippen molar-refractivity contribution in [2.45, 2.75) is 6.92 Å². The highest BCUT2D eigenvalue weighted by atomic mass is 35.5. The van der Waals surface area contributed by atoms with E-state index in [2.05, 4.69) is 25.7 Å². The number of hydrogen-bond acceptors (Lipinski definition) is 5. The first-order chi connectivity index (χ1) is 12.5. The Labute approximate surface area is 160 Å². The number of aryl methyl sites for hydroxylation is 1. The number of amides is 1. The third-order valence-electron chi connectivity index (χ3n) is 3.46. The Morgan fingerprint density at radius 1 is 1.19 bits per heavy atom. The molecule has 2 aromatic heterocycles. The van der Waals surface area contributed by atoms with Crippen molar-refractivity contribution in [2.24, 2.45) is 0 Å². The van der Waals surface area contributed by atoms with Crippen LogP contribution in [0.25, 0.3) is 5.82 Å². The number of aromatic nitrogens is 4. The molecule has 0 fully saturated rings. The van der Waals surface area contributed by atoms with Crippen LogP contribution in [0.4, 0.5) is 5.82 Å². The molecule has 0 spiro atoms. The average Bonchev–Trinajstić information content (AvgIpc) is 3.13. The minimum Gasteiger partial charge on any atom is -0.368 e. The van der Waals surface area contributed by atoms with E-state index in [9.17, 15) is 4.79 Å². The predicted octanol–water partition coefficient (Wildman–Crippen LogP) is 3.12. The van der Waals surface area contributed by atoms with Gasteiger partial charge < -0.3 is 10.6 Å². The Morgan fingerprint density at radius 2 is 2.04 bits per heavy atom. The normalized spacial score (nSPS) is 10.6. The fourth-order valence-electron chi connectivity index (χ4n) is 2.30. The minimum absolute atomic E-state index is 0.260. The van der Waals surface area contributed by atoms with E-state index in [1.807, 2.05) is 19.2 Å². The molecule has 0 aliphatic heterocycles. The third kappa shape index (κ3) is 4.50. The molecule has 26 heavy (non-hydrogen) atoms. The second kappa shape index (κ2) is 8.16. The highest BCUT2D eigenvalue weighted by Gasteiger charge is 2.10. The van der Waals surface area contributed by atoms with Crippen LogP contribution in [0.15, 0.2) is 42.7 Å². The largest absolute Gasteiger partial charge is 0.368 e. The molecule has 0 aliphatic rings. The molecule has 0 unspecified atom stereocenters. The van der Waals surface area contributed by atoms with Crippen LogP contribution in [0.1, 0.15) is 16.2 Å². The van der Waals surface area contributed by atoms with Gasteiger partial charge in [-0.2, -0.15) is 5.10 Å². The zero-order valence-electron chi connectivity index (χ0n) is 13.9. The number of halogens is 2. The summed E-state index contributed by atoms with van der Waals surface area (Å²) in [6.07, 6.45) is 3.49. The number of rotatable bonds is 6. The van der Waals surface area contributed by atoms with E-state index in [4.69, 9.17) is 23.2 Å². The Kier molecular flexibility index (Phi) is 5.70. The molecular weight excluding hydrogens is 375 g/mol. The van der Waals surface area contributed by atoms with Gasteiger partial charge in [-0.05, 0) is 31.2 Å². The van der Waals surface area contributed by atoms with Crippen molar-refractivity contribution in [3.63, 3.8) is 0 Å². The Hall–Kier alpha value is -2.64. The lowest BCUT2D eigenvalue weighted by atomic mass is 10.2. The number of nitrogens with zero attached hydrogens (tertiary/aromatic N) is 4. The molecule has 0 radical (unpaired) electrons. The molecule has 2 N–H and O–H groups in total. The van der Waals surface area contributed by atoms with Gasteiger partial charge in [0.25, 0.3) is 5.91 Å². The molecule has 0 atom stereocenters. The molecule has 1 amide bonds. The number of hydrogen-bond donors (Lipinski definition) is 2. The number of benzene rings is 1. The van der Waals surface area contributed by atoms with Crippen LogP contribution in [-0.2, 0) is 0 Å². The molecule has 0 bridgehead atoms. The summed E-state index contributed by atoms with van der Waals surface area (Å²) in [4.78, 5) is 20.8. The van der Waals surface area contributed by atoms with E-state index >= 15 is 0 Å². The molecule has 7 nitrogen and oxygen atoms in total. The summed E-state index contributed by atoms with van der Waals surface area (Å²) in [5.41, 5.74) is 0.384. The lowest BCUT2D eigenvalue weighted by Crippen LogP contribution is -2.29. The first-order valence-electron chi connectivity index (χ1n) is 7.86. The first-order valence-corrected chi connectivity index (χ1v) is 8.61. The quantitative estimate of drug-likeness (QED) is 0.631. The average molecular weight is 391 g/mol. The van der Waals surface area contributed by atoms with Crippen LogP contribution in [-0.4, -0.2) is 38.7 Å². The van der Waals surface area contributed by atoms with E-state index < -0.39 is 0 Å². The molecule has 3 rings (SSSR count). The van der Waals surface area contributed by atoms with Gasteiger partial charge in [0.2, 0.25) is 0 Å². The maximum Gasteiger partial charge on any atom is 0.252 e. The van der Waals surface area contributed by atoms with Crippen LogP contribution in [0.2, 0.25) is 10.0 Å². The second-order valence-electron chi connectivity index (χ2n) is 5.42. The van der Waals surface area contributed by atoms with Crippen molar-refractivity contribution in [1.82, 2.24) is 25.1 Å². The fraction of sp³-hybridized carbons (Fsp3) is 0.176. The van der Waals surface area contributed by atoms with Gasteiger partial charge in [0.1, 0.15) is 11.6 Å². The highest BCUT2D eigenvalue weighted by Crippen LogP contribution is 2.20. The molecule has 9 heteroatoms. The van der Waals surface area contributed by atoms with E-state index in [0.717, 1.165) is 0 Å². The van der Waals surface area contributed by atoms with Gasteiger partial charge in [-0.3, -0.25) is 4.79 Å². The number of nitrogens with one attached hydrogen (secondary N) is 2. The van der Waals surface area contributed by atoms with Crippen LogP contribution in [0.5, 0.6) is 0 Å². The maximum atomic E-state index is 12.1. The second-order valence-corrected chi connectivity index (χ2v) is 6.26. The predicted molar refractivity (Wildman–Crippen MR) is 101 cm³/mol. The van der Waals surface area contributed by atoms with Crippen LogP contribution < -0.4 is 10.6 Å². The van der Waals surface area contributed by atoms with Crippen molar-refractivity contribution < 1.29 is 4.79 Å². The zero-order valence-corrected chi connectivity index (χ0v) is 15.4.